The van der Waals surface area contributed by atoms with Gasteiger partial charge in [-0.2, -0.15) is 11.1 Å². The van der Waals surface area contributed by atoms with E-state index >= 15 is 8.78 Å². The molecule has 0 aromatic heterocycles. The quantitative estimate of drug-likeness (QED) is 0.136. The number of nitrogens with zero attached hydrogens (tertiary/aromatic N) is 1. The van der Waals surface area contributed by atoms with Gasteiger partial charge in [0.15, 0.2) is 0 Å². The minimum Gasteiger partial charge on any atom is -0.206 e. The van der Waals surface area contributed by atoms with Crippen LogP contribution in [0.4, 0.5) is 8.78 Å². The maximum Gasteiger partial charge on any atom is 0.132 e. The predicted molar refractivity (Wildman–Crippen MR) is 179 cm³/mol. The smallest absolute Gasteiger partial charge is 0.132 e. The molecule has 0 spiro atoms. The number of benzene rings is 4. The highest BCUT2D eigenvalue weighted by molar-refractivity contribution is 7.87. The molecule has 4 aromatic carbocycles. The maximum atomic E-state index is 15.9. The van der Waals surface area contributed by atoms with Gasteiger partial charge in [0, 0.05) is 17.2 Å². The van der Waals surface area contributed by atoms with Crippen LogP contribution < -0.4 is 10.6 Å². The first kappa shape index (κ1) is 31.0. The number of hydrogen-bond acceptors (Lipinski definition) is 1. The van der Waals surface area contributed by atoms with Crippen LogP contribution in [0, 0.1) is 46.0 Å². The van der Waals surface area contributed by atoms with Gasteiger partial charge in [0.25, 0.3) is 0 Å². The molecule has 5 rings (SSSR count). The first-order valence-corrected chi connectivity index (χ1v) is 18.5. The van der Waals surface area contributed by atoms with E-state index in [4.69, 9.17) is 6.66 Å². The van der Waals surface area contributed by atoms with Crippen molar-refractivity contribution >= 4 is 26.1 Å². The summed E-state index contributed by atoms with van der Waals surface area (Å²) in [7, 11) is -3.87. The number of rotatable bonds is 9. The molecule has 1 nitrogen and oxygen atoms in total. The van der Waals surface area contributed by atoms with Crippen molar-refractivity contribution in [1.82, 2.24) is 4.44 Å². The third-order valence-corrected chi connectivity index (χ3v) is 16.8. The Hall–Kier alpha value is -2.44. The van der Waals surface area contributed by atoms with E-state index in [0.29, 0.717) is 10.6 Å². The monoisotopic (exact) mass is 601 g/mol. The zero-order valence-corrected chi connectivity index (χ0v) is 27.4. The molecule has 1 aliphatic rings. The van der Waals surface area contributed by atoms with Crippen molar-refractivity contribution in [3.63, 3.8) is 0 Å². The van der Waals surface area contributed by atoms with E-state index in [2.05, 4.69) is 75.5 Å². The first-order chi connectivity index (χ1) is 20.1. The van der Waals surface area contributed by atoms with Crippen LogP contribution in [0.2, 0.25) is 0 Å². The molecule has 0 N–H and O–H groups in total. The molecular formula is C37H43F2NP2. The standard InChI is InChI=1S/C37H43F2NP2/c1-7-8-19-40(41(34-15-11-9-13-32(34)38)35-16-12-10-14-33(35)39)42(6)36(30-22-26(2)20-27(3)23-30)17-18-37(42)31-24-28(4)21-29(5)25-31/h9-16,20-25,36-37H,6-8,17-19H2,1-5H3/t36-,37-/m0/s1. The zero-order valence-electron chi connectivity index (χ0n) is 25.6. The van der Waals surface area contributed by atoms with E-state index < -0.39 is 15.5 Å². The Morgan fingerprint density at radius 2 is 1.12 bits per heavy atom. The summed E-state index contributed by atoms with van der Waals surface area (Å²) >= 11 is 0. The van der Waals surface area contributed by atoms with Crippen molar-refractivity contribution in [3.05, 3.63) is 137 Å². The van der Waals surface area contributed by atoms with Gasteiger partial charge in [-0.1, -0.05) is 96.3 Å². The minimum absolute atomic E-state index is 0.210. The fourth-order valence-electron chi connectivity index (χ4n) is 6.93. The lowest BCUT2D eigenvalue weighted by atomic mass is 9.99. The molecule has 5 heteroatoms. The summed E-state index contributed by atoms with van der Waals surface area (Å²) in [6.45, 7) is 16.9. The lowest BCUT2D eigenvalue weighted by molar-refractivity contribution is 0.613. The summed E-state index contributed by atoms with van der Waals surface area (Å²) in [5, 5.41) is 1.17. The number of aryl methyl sites for hydroxylation is 4. The highest BCUT2D eigenvalue weighted by atomic mass is 31.2. The Morgan fingerprint density at radius 3 is 1.50 bits per heavy atom. The van der Waals surface area contributed by atoms with Gasteiger partial charge in [-0.3, -0.25) is 0 Å². The molecule has 220 valence electrons. The Bertz CT molecular complexity index is 1410. The summed E-state index contributed by atoms with van der Waals surface area (Å²) in [4.78, 5) is 0. The topological polar surface area (TPSA) is 3.24 Å². The van der Waals surface area contributed by atoms with Crippen LogP contribution in [0.15, 0.2) is 84.9 Å². The summed E-state index contributed by atoms with van der Waals surface area (Å²) in [5.74, 6) is -0.546. The molecule has 1 saturated heterocycles. The van der Waals surface area contributed by atoms with Crippen LogP contribution in [-0.2, 0) is 0 Å². The molecule has 1 fully saturated rings. The van der Waals surface area contributed by atoms with Crippen LogP contribution >= 0.6 is 15.5 Å². The first-order valence-electron chi connectivity index (χ1n) is 15.1. The highest BCUT2D eigenvalue weighted by Crippen LogP contribution is 2.88. The average Bonchev–Trinajstić information content (AvgIpc) is 3.29. The Kier molecular flexibility index (Phi) is 9.63. The van der Waals surface area contributed by atoms with Crippen molar-refractivity contribution < 1.29 is 8.78 Å². The normalized spacial score (nSPS) is 18.2. The molecule has 0 aliphatic carbocycles. The highest BCUT2D eigenvalue weighted by Gasteiger charge is 2.56. The fourth-order valence-corrected chi connectivity index (χ4v) is 15.8. The molecule has 0 amide bonds. The second kappa shape index (κ2) is 13.1. The molecule has 1 heterocycles. The van der Waals surface area contributed by atoms with E-state index in [1.54, 1.807) is 12.1 Å². The summed E-state index contributed by atoms with van der Waals surface area (Å²) < 4.78 is 34.3. The molecule has 42 heavy (non-hydrogen) atoms. The molecule has 0 radical (unpaired) electrons. The van der Waals surface area contributed by atoms with Crippen molar-refractivity contribution in [1.29, 1.82) is 0 Å². The number of hydrogen-bond donors (Lipinski definition) is 0. The molecule has 0 saturated carbocycles. The second-order valence-electron chi connectivity index (χ2n) is 12.0. The van der Waals surface area contributed by atoms with E-state index in [0.717, 1.165) is 32.2 Å². The van der Waals surface area contributed by atoms with Gasteiger partial charge in [0.2, 0.25) is 0 Å². The molecular weight excluding hydrogens is 558 g/mol. The Balaban J connectivity index is 1.80. The van der Waals surface area contributed by atoms with Crippen LogP contribution in [-0.4, -0.2) is 11.0 Å². The number of halogens is 2. The third kappa shape index (κ3) is 6.12. The van der Waals surface area contributed by atoms with Gasteiger partial charge < -0.3 is 0 Å². The van der Waals surface area contributed by atoms with Gasteiger partial charge in [-0.05, 0) is 89.8 Å². The minimum atomic E-state index is -2.35. The van der Waals surface area contributed by atoms with Crippen molar-refractivity contribution in [2.45, 2.75) is 71.6 Å². The summed E-state index contributed by atoms with van der Waals surface area (Å²) in [6, 6.07) is 27.8. The zero-order chi connectivity index (χ0) is 30.0. The molecule has 0 bridgehead atoms. The number of unbranched alkanes of at least 4 members (excludes halogenated alkanes) is 1. The molecule has 2 atom stereocenters. The van der Waals surface area contributed by atoms with Crippen LogP contribution in [0.3, 0.4) is 0 Å². The van der Waals surface area contributed by atoms with Crippen molar-refractivity contribution in [2.24, 2.45) is 0 Å². The molecule has 4 aromatic rings. The van der Waals surface area contributed by atoms with Crippen LogP contribution in [0.25, 0.3) is 0 Å². The maximum absolute atomic E-state index is 15.9. The van der Waals surface area contributed by atoms with Crippen molar-refractivity contribution in [3.8, 4) is 0 Å². The van der Waals surface area contributed by atoms with E-state index in [1.165, 1.54) is 45.5 Å². The van der Waals surface area contributed by atoms with Gasteiger partial charge in [0.1, 0.15) is 11.6 Å². The molecule has 1 aliphatic heterocycles. The lowest BCUT2D eigenvalue weighted by Gasteiger charge is -2.49. The predicted octanol–water partition coefficient (Wildman–Crippen LogP) is 10.6. The van der Waals surface area contributed by atoms with Gasteiger partial charge in [0.05, 0.1) is 19.4 Å². The largest absolute Gasteiger partial charge is 0.206 e. The van der Waals surface area contributed by atoms with Crippen molar-refractivity contribution in [2.75, 3.05) is 6.54 Å². The van der Waals surface area contributed by atoms with Gasteiger partial charge in [-0.25, -0.2) is 8.78 Å². The van der Waals surface area contributed by atoms with E-state index in [-0.39, 0.29) is 23.0 Å². The van der Waals surface area contributed by atoms with E-state index in [1.807, 2.05) is 24.3 Å². The summed E-state index contributed by atoms with van der Waals surface area (Å²) in [5.41, 5.74) is 8.05. The van der Waals surface area contributed by atoms with Gasteiger partial charge in [-0.15, -0.1) is 0 Å². The Morgan fingerprint density at radius 1 is 0.714 bits per heavy atom. The molecule has 0 unspecified atom stereocenters. The summed E-state index contributed by atoms with van der Waals surface area (Å²) in [6.07, 6.45) is 3.96. The average molecular weight is 602 g/mol. The third-order valence-electron chi connectivity index (χ3n) is 8.58. The lowest BCUT2D eigenvalue weighted by Crippen LogP contribution is -2.33. The fraction of sp³-hybridized carbons (Fsp3) is 0.324. The van der Waals surface area contributed by atoms with Gasteiger partial charge >= 0.3 is 0 Å². The SMILES string of the molecule is [CH2-][P+]1(N(CCCC)P(c2ccccc2F)c2ccccc2F)[C@H](c2cc(C)cc(C)c2)CC[C@H]1c1cc(C)cc(C)c1. The van der Waals surface area contributed by atoms with Crippen LogP contribution in [0.5, 0.6) is 0 Å². The van der Waals surface area contributed by atoms with E-state index in [9.17, 15) is 0 Å². The van der Waals surface area contributed by atoms with Crippen LogP contribution in [0.1, 0.15) is 77.3 Å². The second-order valence-corrected chi connectivity index (χ2v) is 17.9. The Labute approximate surface area is 253 Å².